The van der Waals surface area contributed by atoms with Crippen LogP contribution in [-0.2, 0) is 17.7 Å². The molecule has 0 aromatic carbocycles. The molecule has 0 aliphatic heterocycles. The first kappa shape index (κ1) is 15.2. The summed E-state index contributed by atoms with van der Waals surface area (Å²) in [7, 11) is 0. The van der Waals surface area contributed by atoms with Gasteiger partial charge in [0, 0.05) is 38.0 Å². The molecule has 1 rings (SSSR count). The van der Waals surface area contributed by atoms with Gasteiger partial charge in [-0.1, -0.05) is 20.3 Å². The van der Waals surface area contributed by atoms with Gasteiger partial charge in [0.1, 0.15) is 5.82 Å². The number of nitrogens with two attached hydrogens (primary N) is 1. The minimum Gasteiger partial charge on any atom is -0.377 e. The van der Waals surface area contributed by atoms with E-state index in [9.17, 15) is 0 Å². The van der Waals surface area contributed by atoms with Gasteiger partial charge in [0.05, 0.1) is 6.10 Å². The molecule has 2 atom stereocenters. The summed E-state index contributed by atoms with van der Waals surface area (Å²) in [5.41, 5.74) is 6.27. The molecule has 0 fully saturated rings. The quantitative estimate of drug-likeness (QED) is 0.735. The van der Waals surface area contributed by atoms with Crippen LogP contribution in [0.15, 0.2) is 12.4 Å². The molecule has 2 unspecified atom stereocenters. The molecule has 1 aromatic heterocycles. The highest BCUT2D eigenvalue weighted by Crippen LogP contribution is 2.11. The van der Waals surface area contributed by atoms with E-state index in [1.165, 1.54) is 0 Å². The van der Waals surface area contributed by atoms with Crippen LogP contribution in [0.3, 0.4) is 0 Å². The number of hydrogen-bond acceptors (Lipinski definition) is 3. The lowest BCUT2D eigenvalue weighted by Crippen LogP contribution is -2.39. The van der Waals surface area contributed by atoms with Gasteiger partial charge in [0.25, 0.3) is 0 Å². The van der Waals surface area contributed by atoms with Crippen molar-refractivity contribution in [3.63, 3.8) is 0 Å². The number of rotatable bonds is 9. The Bertz CT molecular complexity index is 319. The molecule has 0 bridgehead atoms. The second-order valence-corrected chi connectivity index (χ2v) is 4.69. The maximum absolute atomic E-state index is 6.27. The maximum atomic E-state index is 6.27. The topological polar surface area (TPSA) is 53.1 Å². The van der Waals surface area contributed by atoms with E-state index in [1.54, 1.807) is 0 Å². The van der Waals surface area contributed by atoms with Crippen molar-refractivity contribution < 1.29 is 4.74 Å². The predicted molar refractivity (Wildman–Crippen MR) is 74.5 cm³/mol. The third-order valence-electron chi connectivity index (χ3n) is 3.12. The molecule has 0 saturated heterocycles. The first-order chi connectivity index (χ1) is 8.72. The molecule has 18 heavy (non-hydrogen) atoms. The Hall–Kier alpha value is -0.870. The fourth-order valence-electron chi connectivity index (χ4n) is 2.24. The molecule has 1 heterocycles. The first-order valence-electron chi connectivity index (χ1n) is 7.10. The van der Waals surface area contributed by atoms with Crippen LogP contribution >= 0.6 is 0 Å². The van der Waals surface area contributed by atoms with Gasteiger partial charge in [-0.3, -0.25) is 0 Å². The highest BCUT2D eigenvalue weighted by atomic mass is 16.5. The van der Waals surface area contributed by atoms with Crippen LogP contribution in [0.5, 0.6) is 0 Å². The Morgan fingerprint density at radius 2 is 2.11 bits per heavy atom. The Morgan fingerprint density at radius 1 is 1.33 bits per heavy atom. The summed E-state index contributed by atoms with van der Waals surface area (Å²) in [5.74, 6) is 1.07. The summed E-state index contributed by atoms with van der Waals surface area (Å²) < 4.78 is 7.92. The lowest BCUT2D eigenvalue weighted by molar-refractivity contribution is 0.0372. The monoisotopic (exact) mass is 253 g/mol. The largest absolute Gasteiger partial charge is 0.377 e. The lowest BCUT2D eigenvalue weighted by Gasteiger charge is -2.23. The SMILES string of the molecule is CCCC(OCC)C(N)Cc1nccn1CCC. The van der Waals surface area contributed by atoms with E-state index < -0.39 is 0 Å². The van der Waals surface area contributed by atoms with E-state index >= 15 is 0 Å². The van der Waals surface area contributed by atoms with E-state index in [0.717, 1.165) is 44.7 Å². The predicted octanol–water partition coefficient (Wildman–Crippen LogP) is 2.37. The zero-order chi connectivity index (χ0) is 13.4. The van der Waals surface area contributed by atoms with Crippen LogP contribution < -0.4 is 5.73 Å². The number of hydrogen-bond donors (Lipinski definition) is 1. The summed E-state index contributed by atoms with van der Waals surface area (Å²) in [5, 5.41) is 0. The molecule has 0 radical (unpaired) electrons. The molecule has 0 saturated carbocycles. The summed E-state index contributed by atoms with van der Waals surface area (Å²) in [6.07, 6.45) is 8.05. The van der Waals surface area contributed by atoms with E-state index in [4.69, 9.17) is 10.5 Å². The number of nitrogens with zero attached hydrogens (tertiary/aromatic N) is 2. The molecule has 0 aliphatic carbocycles. The highest BCUT2D eigenvalue weighted by Gasteiger charge is 2.19. The van der Waals surface area contributed by atoms with Crippen molar-refractivity contribution in [1.82, 2.24) is 9.55 Å². The van der Waals surface area contributed by atoms with Crippen molar-refractivity contribution in [1.29, 1.82) is 0 Å². The van der Waals surface area contributed by atoms with Crippen molar-refractivity contribution >= 4 is 0 Å². The van der Waals surface area contributed by atoms with Crippen LogP contribution in [0.25, 0.3) is 0 Å². The van der Waals surface area contributed by atoms with E-state index in [2.05, 4.69) is 23.4 Å². The molecule has 1 aromatic rings. The molecule has 2 N–H and O–H groups in total. The smallest absolute Gasteiger partial charge is 0.110 e. The Kier molecular flexibility index (Phi) is 6.98. The maximum Gasteiger partial charge on any atom is 0.110 e. The third kappa shape index (κ3) is 4.42. The Labute approximate surface area is 111 Å². The third-order valence-corrected chi connectivity index (χ3v) is 3.12. The number of aromatic nitrogens is 2. The van der Waals surface area contributed by atoms with Gasteiger partial charge in [0.15, 0.2) is 0 Å². The van der Waals surface area contributed by atoms with Gasteiger partial charge >= 0.3 is 0 Å². The number of ether oxygens (including phenoxy) is 1. The molecule has 4 heteroatoms. The van der Waals surface area contributed by atoms with Crippen molar-refractivity contribution in [2.24, 2.45) is 5.73 Å². The minimum atomic E-state index is 0.0305. The number of aryl methyl sites for hydroxylation is 1. The second-order valence-electron chi connectivity index (χ2n) is 4.69. The molecule has 0 spiro atoms. The molecule has 4 nitrogen and oxygen atoms in total. The van der Waals surface area contributed by atoms with E-state index in [1.807, 2.05) is 19.3 Å². The highest BCUT2D eigenvalue weighted by molar-refractivity contribution is 4.96. The normalized spacial score (nSPS) is 14.7. The zero-order valence-corrected chi connectivity index (χ0v) is 11.9. The molecular weight excluding hydrogens is 226 g/mol. The number of imidazole rings is 1. The van der Waals surface area contributed by atoms with Gasteiger partial charge in [0.2, 0.25) is 0 Å². The van der Waals surface area contributed by atoms with Crippen molar-refractivity contribution in [2.45, 2.75) is 65.1 Å². The van der Waals surface area contributed by atoms with Crippen LogP contribution in [0, 0.1) is 0 Å². The molecule has 0 aliphatic rings. The fourth-order valence-corrected chi connectivity index (χ4v) is 2.24. The fraction of sp³-hybridized carbons (Fsp3) is 0.786. The summed E-state index contributed by atoms with van der Waals surface area (Å²) in [6, 6.07) is 0.0305. The molecule has 0 amide bonds. The summed E-state index contributed by atoms with van der Waals surface area (Å²) in [6.45, 7) is 8.09. The van der Waals surface area contributed by atoms with E-state index in [0.29, 0.717) is 0 Å². The average molecular weight is 253 g/mol. The Morgan fingerprint density at radius 3 is 2.72 bits per heavy atom. The first-order valence-corrected chi connectivity index (χ1v) is 7.10. The van der Waals surface area contributed by atoms with Gasteiger partial charge < -0.3 is 15.0 Å². The van der Waals surface area contributed by atoms with Crippen molar-refractivity contribution in [3.05, 3.63) is 18.2 Å². The standard InChI is InChI=1S/C14H27N3O/c1-4-7-13(18-6-3)12(15)11-14-16-8-10-17(14)9-5-2/h8,10,12-13H,4-7,9,11,15H2,1-3H3. The summed E-state index contributed by atoms with van der Waals surface area (Å²) >= 11 is 0. The van der Waals surface area contributed by atoms with Crippen LogP contribution in [-0.4, -0.2) is 28.3 Å². The van der Waals surface area contributed by atoms with Gasteiger partial charge in [-0.15, -0.1) is 0 Å². The molecular formula is C14H27N3O. The second kappa shape index (κ2) is 8.27. The Balaban J connectivity index is 2.60. The molecule has 104 valence electrons. The van der Waals surface area contributed by atoms with Gasteiger partial charge in [-0.2, -0.15) is 0 Å². The average Bonchev–Trinajstić information content (AvgIpc) is 2.77. The van der Waals surface area contributed by atoms with E-state index in [-0.39, 0.29) is 12.1 Å². The minimum absolute atomic E-state index is 0.0305. The lowest BCUT2D eigenvalue weighted by atomic mass is 10.0. The van der Waals surface area contributed by atoms with Gasteiger partial charge in [-0.25, -0.2) is 4.98 Å². The summed E-state index contributed by atoms with van der Waals surface area (Å²) in [4.78, 5) is 4.40. The van der Waals surface area contributed by atoms with Crippen LogP contribution in [0.4, 0.5) is 0 Å². The van der Waals surface area contributed by atoms with Crippen molar-refractivity contribution in [3.8, 4) is 0 Å². The van der Waals surface area contributed by atoms with Crippen LogP contribution in [0.2, 0.25) is 0 Å². The van der Waals surface area contributed by atoms with Gasteiger partial charge in [-0.05, 0) is 19.8 Å². The zero-order valence-electron chi connectivity index (χ0n) is 11.9. The van der Waals surface area contributed by atoms with Crippen molar-refractivity contribution in [2.75, 3.05) is 6.61 Å². The van der Waals surface area contributed by atoms with Crippen LogP contribution in [0.1, 0.15) is 45.9 Å².